The zero-order chi connectivity index (χ0) is 23.4. The summed E-state index contributed by atoms with van der Waals surface area (Å²) in [5.41, 5.74) is 0.158. The summed E-state index contributed by atoms with van der Waals surface area (Å²) in [6.07, 6.45) is 0. The van der Waals surface area contributed by atoms with Crippen LogP contribution in [0.15, 0.2) is 54.6 Å². The zero-order valence-corrected chi connectivity index (χ0v) is 18.7. The molecule has 0 spiro atoms. The maximum atomic E-state index is 12.2. The van der Waals surface area contributed by atoms with Crippen molar-refractivity contribution in [3.05, 3.63) is 90.4 Å². The molecule has 2 N–H and O–H groups in total. The highest BCUT2D eigenvalue weighted by molar-refractivity contribution is 6.37. The number of imide groups is 1. The van der Waals surface area contributed by atoms with Gasteiger partial charge in [-0.2, -0.15) is 0 Å². The molecule has 0 atom stereocenters. The van der Waals surface area contributed by atoms with Crippen molar-refractivity contribution in [1.82, 2.24) is 5.32 Å². The van der Waals surface area contributed by atoms with Gasteiger partial charge in [-0.1, -0.05) is 46.4 Å². The number of nitrogens with one attached hydrogen (secondary N) is 2. The van der Waals surface area contributed by atoms with Crippen molar-refractivity contribution in [3.8, 4) is 11.5 Å². The SMILES string of the molecule is O=C(NC(=O)c1ccc(Cl)cc1Cl)Nc1ccc(Oc2ccc([N+](=O)[O-])cc2Cl)c(Cl)c1. The van der Waals surface area contributed by atoms with Crippen LogP contribution in [0.5, 0.6) is 11.5 Å². The van der Waals surface area contributed by atoms with Gasteiger partial charge < -0.3 is 10.1 Å². The minimum Gasteiger partial charge on any atom is -0.454 e. The smallest absolute Gasteiger partial charge is 0.326 e. The molecule has 0 heterocycles. The lowest BCUT2D eigenvalue weighted by Gasteiger charge is -2.11. The van der Waals surface area contributed by atoms with Crippen molar-refractivity contribution in [3.63, 3.8) is 0 Å². The van der Waals surface area contributed by atoms with Crippen molar-refractivity contribution in [2.24, 2.45) is 0 Å². The largest absolute Gasteiger partial charge is 0.454 e. The highest BCUT2D eigenvalue weighted by atomic mass is 35.5. The lowest BCUT2D eigenvalue weighted by Crippen LogP contribution is -2.34. The number of nitro groups is 1. The molecular weight excluding hydrogens is 504 g/mol. The van der Waals surface area contributed by atoms with Crippen LogP contribution in [0, 0.1) is 10.1 Å². The van der Waals surface area contributed by atoms with E-state index in [4.69, 9.17) is 51.1 Å². The zero-order valence-electron chi connectivity index (χ0n) is 15.7. The van der Waals surface area contributed by atoms with E-state index in [0.717, 1.165) is 6.07 Å². The molecule has 3 amide bonds. The lowest BCUT2D eigenvalue weighted by atomic mass is 10.2. The molecule has 0 fully saturated rings. The average molecular weight is 515 g/mol. The predicted octanol–water partition coefficient (Wildman–Crippen LogP) is 6.96. The topological polar surface area (TPSA) is 111 Å². The van der Waals surface area contributed by atoms with Gasteiger partial charge in [-0.3, -0.25) is 20.2 Å². The van der Waals surface area contributed by atoms with E-state index in [1.165, 1.54) is 48.5 Å². The summed E-state index contributed by atoms with van der Waals surface area (Å²) in [6.45, 7) is 0. The molecule has 164 valence electrons. The second kappa shape index (κ2) is 10.1. The number of rotatable bonds is 5. The summed E-state index contributed by atoms with van der Waals surface area (Å²) >= 11 is 23.9. The molecule has 8 nitrogen and oxygen atoms in total. The molecule has 0 aliphatic rings. The highest BCUT2D eigenvalue weighted by Gasteiger charge is 2.16. The number of carbonyl (C=O) groups is 2. The minimum absolute atomic E-state index is 0.0243. The number of ether oxygens (including phenoxy) is 1. The number of anilines is 1. The normalized spacial score (nSPS) is 10.4. The Bertz CT molecular complexity index is 1240. The fourth-order valence-corrected chi connectivity index (χ4v) is 3.40. The van der Waals surface area contributed by atoms with E-state index < -0.39 is 16.9 Å². The van der Waals surface area contributed by atoms with Gasteiger partial charge in [0, 0.05) is 22.8 Å². The summed E-state index contributed by atoms with van der Waals surface area (Å²) < 4.78 is 5.59. The molecule has 0 bridgehead atoms. The number of carbonyl (C=O) groups excluding carboxylic acids is 2. The van der Waals surface area contributed by atoms with E-state index in [1.807, 2.05) is 0 Å². The Morgan fingerprint density at radius 2 is 1.50 bits per heavy atom. The average Bonchev–Trinajstić information content (AvgIpc) is 2.70. The van der Waals surface area contributed by atoms with Gasteiger partial charge >= 0.3 is 6.03 Å². The molecule has 0 aliphatic heterocycles. The molecule has 3 aromatic rings. The number of benzene rings is 3. The van der Waals surface area contributed by atoms with Crippen molar-refractivity contribution < 1.29 is 19.2 Å². The van der Waals surface area contributed by atoms with E-state index in [1.54, 1.807) is 0 Å². The first-order chi connectivity index (χ1) is 15.1. The standard InChI is InChI=1S/C20H11Cl4N3O5/c21-10-1-4-13(14(22)7-10)19(28)26-20(29)25-11-2-5-17(15(23)8-11)32-18-6-3-12(27(30)31)9-16(18)24/h1-9H,(H2,25,26,28,29). The molecule has 12 heteroatoms. The summed E-state index contributed by atoms with van der Waals surface area (Å²) in [5.74, 6) is -0.372. The maximum absolute atomic E-state index is 12.2. The second-order valence-corrected chi connectivity index (χ2v) is 7.81. The molecule has 0 radical (unpaired) electrons. The van der Waals surface area contributed by atoms with Gasteiger partial charge in [0.05, 0.1) is 25.6 Å². The first kappa shape index (κ1) is 23.6. The van der Waals surface area contributed by atoms with Gasteiger partial charge in [0.1, 0.15) is 11.5 Å². The third-order valence-electron chi connectivity index (χ3n) is 3.94. The molecule has 0 saturated heterocycles. The third-order valence-corrected chi connectivity index (χ3v) is 5.08. The molecule has 0 saturated carbocycles. The minimum atomic E-state index is -0.816. The summed E-state index contributed by atoms with van der Waals surface area (Å²) in [7, 11) is 0. The van der Waals surface area contributed by atoms with Crippen LogP contribution in [-0.2, 0) is 0 Å². The number of non-ortho nitro benzene ring substituents is 1. The number of halogens is 4. The van der Waals surface area contributed by atoms with E-state index in [9.17, 15) is 19.7 Å². The molecule has 0 aliphatic carbocycles. The van der Waals surface area contributed by atoms with Crippen molar-refractivity contribution in [2.45, 2.75) is 0 Å². The summed E-state index contributed by atoms with van der Waals surface area (Å²) in [6, 6.07) is 11.5. The summed E-state index contributed by atoms with van der Waals surface area (Å²) in [4.78, 5) is 34.5. The maximum Gasteiger partial charge on any atom is 0.326 e. The highest BCUT2D eigenvalue weighted by Crippen LogP contribution is 2.36. The Kier molecular flexibility index (Phi) is 7.42. The first-order valence-electron chi connectivity index (χ1n) is 8.63. The van der Waals surface area contributed by atoms with Crippen LogP contribution in [-0.4, -0.2) is 16.9 Å². The van der Waals surface area contributed by atoms with Crippen molar-refractivity contribution in [1.29, 1.82) is 0 Å². The van der Waals surface area contributed by atoms with Crippen LogP contribution in [0.25, 0.3) is 0 Å². The van der Waals surface area contributed by atoms with Crippen LogP contribution in [0.2, 0.25) is 20.1 Å². The fourth-order valence-electron chi connectivity index (χ4n) is 2.47. The summed E-state index contributed by atoms with van der Waals surface area (Å²) in [5, 5.41) is 16.0. The Balaban J connectivity index is 1.66. The first-order valence-corrected chi connectivity index (χ1v) is 10.1. The van der Waals surface area contributed by atoms with E-state index in [-0.39, 0.29) is 43.5 Å². The van der Waals surface area contributed by atoms with Gasteiger partial charge in [-0.25, -0.2) is 4.79 Å². The van der Waals surface area contributed by atoms with Crippen LogP contribution in [0.1, 0.15) is 10.4 Å². The monoisotopic (exact) mass is 513 g/mol. The lowest BCUT2D eigenvalue weighted by molar-refractivity contribution is -0.384. The molecule has 3 rings (SSSR count). The molecular formula is C20H11Cl4N3O5. The van der Waals surface area contributed by atoms with Crippen LogP contribution in [0.4, 0.5) is 16.2 Å². The quantitative estimate of drug-likeness (QED) is 0.282. The van der Waals surface area contributed by atoms with Gasteiger partial charge in [0.15, 0.2) is 0 Å². The number of nitrogens with zero attached hydrogens (tertiary/aromatic N) is 1. The number of nitro benzene ring substituents is 1. The number of hydrogen-bond donors (Lipinski definition) is 2. The van der Waals surface area contributed by atoms with Crippen LogP contribution in [0.3, 0.4) is 0 Å². The molecule has 3 aromatic carbocycles. The fraction of sp³-hybridized carbons (Fsp3) is 0. The van der Waals surface area contributed by atoms with Gasteiger partial charge in [0.2, 0.25) is 0 Å². The second-order valence-electron chi connectivity index (χ2n) is 6.15. The van der Waals surface area contributed by atoms with Crippen molar-refractivity contribution >= 4 is 69.7 Å². The predicted molar refractivity (Wildman–Crippen MR) is 123 cm³/mol. The van der Waals surface area contributed by atoms with Crippen LogP contribution < -0.4 is 15.4 Å². The Morgan fingerprint density at radius 3 is 2.09 bits per heavy atom. The number of amides is 3. The number of urea groups is 1. The van der Waals surface area contributed by atoms with E-state index in [2.05, 4.69) is 10.6 Å². The molecule has 32 heavy (non-hydrogen) atoms. The van der Waals surface area contributed by atoms with Crippen LogP contribution >= 0.6 is 46.4 Å². The Morgan fingerprint density at radius 1 is 0.844 bits per heavy atom. The Hall–Kier alpha value is -3.04. The number of hydrogen-bond acceptors (Lipinski definition) is 5. The van der Waals surface area contributed by atoms with E-state index >= 15 is 0 Å². The van der Waals surface area contributed by atoms with E-state index in [0.29, 0.717) is 5.02 Å². The Labute approximate surface area is 201 Å². The van der Waals surface area contributed by atoms with Gasteiger partial charge in [-0.05, 0) is 42.5 Å². The van der Waals surface area contributed by atoms with Gasteiger partial charge in [-0.15, -0.1) is 0 Å². The van der Waals surface area contributed by atoms with Crippen molar-refractivity contribution in [2.75, 3.05) is 5.32 Å². The van der Waals surface area contributed by atoms with Gasteiger partial charge in [0.25, 0.3) is 11.6 Å². The molecule has 0 aromatic heterocycles. The molecule has 0 unspecified atom stereocenters. The third kappa shape index (κ3) is 5.80.